The predicted molar refractivity (Wildman–Crippen MR) is 68.6 cm³/mol. The number of carbonyl (C=O) groups excluding carboxylic acids is 1. The lowest BCUT2D eigenvalue weighted by Gasteiger charge is -2.32. The molecular formula is C14H24F3NO. The SMILES string of the molecule is CCC(CC)CNC(=O)C1CCCCC1C(F)(F)F. The van der Waals surface area contributed by atoms with Crippen molar-refractivity contribution >= 4 is 5.91 Å². The van der Waals surface area contributed by atoms with Gasteiger partial charge in [0.2, 0.25) is 5.91 Å². The summed E-state index contributed by atoms with van der Waals surface area (Å²) in [7, 11) is 0. The van der Waals surface area contributed by atoms with Crippen molar-refractivity contribution < 1.29 is 18.0 Å². The van der Waals surface area contributed by atoms with Gasteiger partial charge in [-0.15, -0.1) is 0 Å². The molecule has 0 aromatic heterocycles. The van der Waals surface area contributed by atoms with Crippen molar-refractivity contribution in [3.63, 3.8) is 0 Å². The van der Waals surface area contributed by atoms with E-state index >= 15 is 0 Å². The molecule has 19 heavy (non-hydrogen) atoms. The molecule has 0 heterocycles. The van der Waals surface area contributed by atoms with E-state index in [0.717, 1.165) is 19.3 Å². The Morgan fingerprint density at radius 3 is 2.32 bits per heavy atom. The first-order chi connectivity index (χ1) is 8.90. The van der Waals surface area contributed by atoms with Gasteiger partial charge in [0.05, 0.1) is 5.92 Å². The quantitative estimate of drug-likeness (QED) is 0.812. The van der Waals surface area contributed by atoms with Crippen LogP contribution in [-0.2, 0) is 4.79 Å². The van der Waals surface area contributed by atoms with Crippen LogP contribution in [0.15, 0.2) is 0 Å². The van der Waals surface area contributed by atoms with Gasteiger partial charge >= 0.3 is 6.18 Å². The summed E-state index contributed by atoms with van der Waals surface area (Å²) in [5.41, 5.74) is 0. The number of halogens is 3. The van der Waals surface area contributed by atoms with Gasteiger partial charge in [0.15, 0.2) is 0 Å². The Kier molecular flexibility index (Phi) is 6.14. The molecule has 0 saturated heterocycles. The largest absolute Gasteiger partial charge is 0.392 e. The molecule has 0 aromatic rings. The van der Waals surface area contributed by atoms with E-state index in [1.54, 1.807) is 0 Å². The molecule has 1 fully saturated rings. The predicted octanol–water partition coefficient (Wildman–Crippen LogP) is 3.91. The fourth-order valence-electron chi connectivity index (χ4n) is 2.79. The van der Waals surface area contributed by atoms with Crippen LogP contribution < -0.4 is 5.32 Å². The summed E-state index contributed by atoms with van der Waals surface area (Å²) in [4.78, 5) is 12.0. The minimum Gasteiger partial charge on any atom is -0.356 e. The average Bonchev–Trinajstić information content (AvgIpc) is 2.38. The molecule has 1 saturated carbocycles. The van der Waals surface area contributed by atoms with Gasteiger partial charge in [-0.25, -0.2) is 0 Å². The van der Waals surface area contributed by atoms with E-state index in [4.69, 9.17) is 0 Å². The minimum atomic E-state index is -4.25. The molecule has 2 nitrogen and oxygen atoms in total. The lowest BCUT2D eigenvalue weighted by molar-refractivity contribution is -0.198. The Morgan fingerprint density at radius 2 is 1.79 bits per heavy atom. The Bertz CT molecular complexity index is 287. The maximum Gasteiger partial charge on any atom is 0.392 e. The van der Waals surface area contributed by atoms with Crippen molar-refractivity contribution in [2.45, 2.75) is 58.5 Å². The normalized spacial score (nSPS) is 24.5. The summed E-state index contributed by atoms with van der Waals surface area (Å²) in [6.45, 7) is 4.55. The van der Waals surface area contributed by atoms with Crippen LogP contribution in [0.1, 0.15) is 52.4 Å². The zero-order valence-electron chi connectivity index (χ0n) is 11.7. The van der Waals surface area contributed by atoms with Crippen LogP contribution in [-0.4, -0.2) is 18.6 Å². The molecule has 1 amide bonds. The second kappa shape index (κ2) is 7.15. The van der Waals surface area contributed by atoms with Gasteiger partial charge in [-0.2, -0.15) is 13.2 Å². The first-order valence-electron chi connectivity index (χ1n) is 7.24. The highest BCUT2D eigenvalue weighted by Crippen LogP contribution is 2.41. The molecule has 0 radical (unpaired) electrons. The molecule has 1 rings (SSSR count). The van der Waals surface area contributed by atoms with Crippen LogP contribution in [0.2, 0.25) is 0 Å². The number of hydrogen-bond donors (Lipinski definition) is 1. The second-order valence-electron chi connectivity index (χ2n) is 5.47. The minimum absolute atomic E-state index is 0.0899. The smallest absolute Gasteiger partial charge is 0.356 e. The standard InChI is InChI=1S/C14H24F3NO/c1-3-10(4-2)9-18-13(19)11-7-5-6-8-12(11)14(15,16)17/h10-12H,3-9H2,1-2H3,(H,18,19). The van der Waals surface area contributed by atoms with E-state index in [9.17, 15) is 18.0 Å². The van der Waals surface area contributed by atoms with E-state index < -0.39 is 23.9 Å². The van der Waals surface area contributed by atoms with Gasteiger partial charge in [0.1, 0.15) is 0 Å². The Labute approximate surface area is 113 Å². The molecule has 2 unspecified atom stereocenters. The monoisotopic (exact) mass is 279 g/mol. The Balaban J connectivity index is 2.57. The molecule has 0 bridgehead atoms. The highest BCUT2D eigenvalue weighted by Gasteiger charge is 2.47. The fourth-order valence-corrected chi connectivity index (χ4v) is 2.79. The van der Waals surface area contributed by atoms with Crippen molar-refractivity contribution in [2.75, 3.05) is 6.54 Å². The lowest BCUT2D eigenvalue weighted by Crippen LogP contribution is -2.43. The molecule has 2 atom stereocenters. The van der Waals surface area contributed by atoms with E-state index in [1.165, 1.54) is 0 Å². The van der Waals surface area contributed by atoms with Crippen molar-refractivity contribution in [3.8, 4) is 0 Å². The zero-order valence-corrected chi connectivity index (χ0v) is 11.7. The first kappa shape index (κ1) is 16.3. The molecule has 0 aliphatic heterocycles. The maximum atomic E-state index is 12.9. The highest BCUT2D eigenvalue weighted by molar-refractivity contribution is 5.79. The van der Waals surface area contributed by atoms with Crippen molar-refractivity contribution in [3.05, 3.63) is 0 Å². The molecule has 112 valence electrons. The van der Waals surface area contributed by atoms with Crippen molar-refractivity contribution in [1.29, 1.82) is 0 Å². The van der Waals surface area contributed by atoms with E-state index in [2.05, 4.69) is 5.32 Å². The van der Waals surface area contributed by atoms with Gasteiger partial charge in [-0.3, -0.25) is 4.79 Å². The maximum absolute atomic E-state index is 12.9. The van der Waals surface area contributed by atoms with Gasteiger partial charge in [0, 0.05) is 12.5 Å². The van der Waals surface area contributed by atoms with Crippen LogP contribution in [0.4, 0.5) is 13.2 Å². The molecule has 1 aliphatic carbocycles. The van der Waals surface area contributed by atoms with E-state index in [1.807, 2.05) is 13.8 Å². The number of alkyl halides is 3. The zero-order chi connectivity index (χ0) is 14.5. The van der Waals surface area contributed by atoms with Gasteiger partial charge in [-0.1, -0.05) is 39.5 Å². The number of nitrogens with one attached hydrogen (secondary N) is 1. The lowest BCUT2D eigenvalue weighted by atomic mass is 9.78. The second-order valence-corrected chi connectivity index (χ2v) is 5.47. The molecule has 1 aliphatic rings. The van der Waals surface area contributed by atoms with Gasteiger partial charge < -0.3 is 5.32 Å². The van der Waals surface area contributed by atoms with E-state index in [0.29, 0.717) is 25.3 Å². The van der Waals surface area contributed by atoms with E-state index in [-0.39, 0.29) is 6.42 Å². The number of rotatable bonds is 5. The number of carbonyl (C=O) groups is 1. The number of amides is 1. The topological polar surface area (TPSA) is 29.1 Å². The molecule has 0 spiro atoms. The Morgan fingerprint density at radius 1 is 1.21 bits per heavy atom. The van der Waals surface area contributed by atoms with Crippen LogP contribution in [0.5, 0.6) is 0 Å². The fraction of sp³-hybridized carbons (Fsp3) is 0.929. The third-order valence-corrected chi connectivity index (χ3v) is 4.24. The third-order valence-electron chi connectivity index (χ3n) is 4.24. The van der Waals surface area contributed by atoms with Crippen LogP contribution in [0.25, 0.3) is 0 Å². The molecular weight excluding hydrogens is 255 g/mol. The molecule has 0 aromatic carbocycles. The Hall–Kier alpha value is -0.740. The summed E-state index contributed by atoms with van der Waals surface area (Å²) < 4.78 is 38.7. The first-order valence-corrected chi connectivity index (χ1v) is 7.24. The summed E-state index contributed by atoms with van der Waals surface area (Å²) in [5.74, 6) is -2.39. The van der Waals surface area contributed by atoms with Gasteiger partial charge in [-0.05, 0) is 18.8 Å². The van der Waals surface area contributed by atoms with Crippen molar-refractivity contribution in [1.82, 2.24) is 5.32 Å². The van der Waals surface area contributed by atoms with Crippen LogP contribution in [0, 0.1) is 17.8 Å². The summed E-state index contributed by atoms with van der Waals surface area (Å²) in [6, 6.07) is 0. The van der Waals surface area contributed by atoms with Crippen LogP contribution in [0.3, 0.4) is 0 Å². The van der Waals surface area contributed by atoms with Crippen LogP contribution >= 0.6 is 0 Å². The highest BCUT2D eigenvalue weighted by atomic mass is 19.4. The summed E-state index contributed by atoms with van der Waals surface area (Å²) in [5, 5.41) is 2.72. The molecule has 1 N–H and O–H groups in total. The summed E-state index contributed by atoms with van der Waals surface area (Å²) in [6.07, 6.45) is -0.646. The average molecular weight is 279 g/mol. The molecule has 5 heteroatoms. The van der Waals surface area contributed by atoms with Gasteiger partial charge in [0.25, 0.3) is 0 Å². The number of hydrogen-bond acceptors (Lipinski definition) is 1. The third kappa shape index (κ3) is 4.69. The van der Waals surface area contributed by atoms with Crippen molar-refractivity contribution in [2.24, 2.45) is 17.8 Å². The summed E-state index contributed by atoms with van der Waals surface area (Å²) >= 11 is 0.